The van der Waals surface area contributed by atoms with E-state index in [0.29, 0.717) is 17.5 Å². The minimum Gasteiger partial charge on any atom is -0.455 e. The Morgan fingerprint density at radius 2 is 0.774 bits per heavy atom. The van der Waals surface area contributed by atoms with Crippen LogP contribution in [0.15, 0.2) is 217 Å². The van der Waals surface area contributed by atoms with Crippen LogP contribution in [-0.2, 0) is 5.41 Å². The fraction of sp³-hybridized carbons (Fsp3) is 0.0172. The molecule has 2 aliphatic rings. The quantitative estimate of drug-likeness (QED) is 0.174. The lowest BCUT2D eigenvalue weighted by Crippen LogP contribution is -2.25. The first kappa shape index (κ1) is 34.6. The normalized spacial score (nSPS) is 13.0. The lowest BCUT2D eigenvalue weighted by Gasteiger charge is -2.30. The minimum atomic E-state index is -0.383. The van der Waals surface area contributed by atoms with Crippen LogP contribution in [0.4, 0.5) is 0 Å². The van der Waals surface area contributed by atoms with Crippen molar-refractivity contribution >= 4 is 21.9 Å². The van der Waals surface area contributed by atoms with Gasteiger partial charge in [0.05, 0.1) is 11.0 Å². The van der Waals surface area contributed by atoms with Crippen LogP contribution in [-0.4, -0.2) is 15.0 Å². The van der Waals surface area contributed by atoms with Crippen molar-refractivity contribution in [2.75, 3.05) is 0 Å². The Morgan fingerprint density at radius 3 is 1.47 bits per heavy atom. The van der Waals surface area contributed by atoms with Gasteiger partial charge in [0.15, 0.2) is 17.5 Å². The molecule has 2 aliphatic carbocycles. The number of nitrogens with zero attached hydrogens (tertiary/aromatic N) is 3. The summed E-state index contributed by atoms with van der Waals surface area (Å²) >= 11 is 0. The van der Waals surface area contributed by atoms with Gasteiger partial charge in [0.25, 0.3) is 0 Å². The Bertz CT molecular complexity index is 3520. The standard InChI is InChI=1S/C58H35N3O/c1-2-15-38(16-3-1)55-59-56(61-57(60-55)48-24-14-23-46-45-21-9-13-28-53(45)62-54(46)48)47-22-5-4-17-40(47)37-31-29-36(30-32-37)39-33-34-44-43-20-8-12-27-51(43)58(52(44)35-39)49-25-10-6-18-41(49)42-19-7-11-26-50(42)58/h1-35H. The topological polar surface area (TPSA) is 51.8 Å². The van der Waals surface area contributed by atoms with Crippen LogP contribution in [0.1, 0.15) is 22.3 Å². The molecule has 0 radical (unpaired) electrons. The van der Waals surface area contributed by atoms with Gasteiger partial charge in [0.1, 0.15) is 11.2 Å². The van der Waals surface area contributed by atoms with Crippen LogP contribution in [0.3, 0.4) is 0 Å². The van der Waals surface area contributed by atoms with E-state index in [2.05, 4.69) is 152 Å². The van der Waals surface area contributed by atoms with Crippen molar-refractivity contribution in [3.8, 4) is 78.7 Å². The summed E-state index contributed by atoms with van der Waals surface area (Å²) in [5.74, 6) is 1.77. The molecule has 1 spiro atoms. The van der Waals surface area contributed by atoms with Gasteiger partial charge >= 0.3 is 0 Å². The fourth-order valence-electron chi connectivity index (χ4n) is 10.3. The molecule has 11 aromatic rings. The molecule has 4 heteroatoms. The van der Waals surface area contributed by atoms with Crippen molar-refractivity contribution in [3.63, 3.8) is 0 Å². The molecule has 13 rings (SSSR count). The maximum atomic E-state index is 6.47. The highest BCUT2D eigenvalue weighted by atomic mass is 16.3. The van der Waals surface area contributed by atoms with Gasteiger partial charge in [-0.25, -0.2) is 15.0 Å². The maximum absolute atomic E-state index is 6.47. The molecular weight excluding hydrogens is 755 g/mol. The highest BCUT2D eigenvalue weighted by molar-refractivity contribution is 6.09. The van der Waals surface area contributed by atoms with Gasteiger partial charge in [-0.2, -0.15) is 0 Å². The Hall–Kier alpha value is -8.21. The summed E-state index contributed by atoms with van der Waals surface area (Å²) in [5, 5.41) is 2.09. The first-order chi connectivity index (χ1) is 30.7. The van der Waals surface area contributed by atoms with Crippen LogP contribution in [0.5, 0.6) is 0 Å². The molecule has 0 atom stereocenters. The van der Waals surface area contributed by atoms with Crippen molar-refractivity contribution < 1.29 is 4.42 Å². The van der Waals surface area contributed by atoms with Crippen molar-refractivity contribution in [1.82, 2.24) is 15.0 Å². The number of fused-ring (bicyclic) bond motifs is 13. The van der Waals surface area contributed by atoms with Crippen molar-refractivity contribution in [3.05, 3.63) is 235 Å². The summed E-state index contributed by atoms with van der Waals surface area (Å²) in [6.07, 6.45) is 0. The Labute approximate surface area is 358 Å². The van der Waals surface area contributed by atoms with Gasteiger partial charge in [-0.05, 0) is 85.0 Å². The molecule has 0 unspecified atom stereocenters. The lowest BCUT2D eigenvalue weighted by molar-refractivity contribution is 0.669. The van der Waals surface area contributed by atoms with Crippen LogP contribution in [0.25, 0.3) is 101 Å². The summed E-state index contributed by atoms with van der Waals surface area (Å²) < 4.78 is 6.47. The summed E-state index contributed by atoms with van der Waals surface area (Å²) in [5.41, 5.74) is 19.0. The van der Waals surface area contributed by atoms with Crippen LogP contribution in [0, 0.1) is 0 Å². The number of furan rings is 1. The number of hydrogen-bond donors (Lipinski definition) is 0. The number of aromatic nitrogens is 3. The molecule has 0 amide bonds. The van der Waals surface area contributed by atoms with E-state index in [0.717, 1.165) is 55.3 Å². The van der Waals surface area contributed by atoms with Crippen LogP contribution < -0.4 is 0 Å². The summed E-state index contributed by atoms with van der Waals surface area (Å²) in [6.45, 7) is 0. The Kier molecular flexibility index (Phi) is 7.49. The zero-order valence-corrected chi connectivity index (χ0v) is 33.5. The third-order valence-corrected chi connectivity index (χ3v) is 13.0. The van der Waals surface area contributed by atoms with E-state index in [9.17, 15) is 0 Å². The molecule has 4 nitrogen and oxygen atoms in total. The van der Waals surface area contributed by atoms with E-state index in [-0.39, 0.29) is 5.41 Å². The summed E-state index contributed by atoms with van der Waals surface area (Å²) in [4.78, 5) is 15.4. The lowest BCUT2D eigenvalue weighted by atomic mass is 9.70. The molecule has 9 aromatic carbocycles. The third-order valence-electron chi connectivity index (χ3n) is 13.0. The van der Waals surface area contributed by atoms with E-state index in [1.54, 1.807) is 0 Å². The van der Waals surface area contributed by atoms with Gasteiger partial charge in [0, 0.05) is 21.9 Å². The average molecular weight is 790 g/mol. The fourth-order valence-corrected chi connectivity index (χ4v) is 10.3. The van der Waals surface area contributed by atoms with Gasteiger partial charge in [-0.3, -0.25) is 0 Å². The smallest absolute Gasteiger partial charge is 0.167 e. The second-order valence-electron chi connectivity index (χ2n) is 16.2. The number of para-hydroxylation sites is 2. The third kappa shape index (κ3) is 4.98. The van der Waals surface area contributed by atoms with Gasteiger partial charge < -0.3 is 4.42 Å². The molecule has 62 heavy (non-hydrogen) atoms. The van der Waals surface area contributed by atoms with E-state index < -0.39 is 0 Å². The minimum absolute atomic E-state index is 0.383. The SMILES string of the molecule is c1ccc(-c2nc(-c3ccccc3-c3ccc(-c4ccc5c(c4)C4(c6ccccc6-c6ccccc64)c4ccccc4-5)cc3)nc(-c3cccc4c3oc3ccccc34)n2)cc1. The Morgan fingerprint density at radius 1 is 0.290 bits per heavy atom. The zero-order chi connectivity index (χ0) is 40.8. The molecule has 0 saturated heterocycles. The van der Waals surface area contributed by atoms with Crippen molar-refractivity contribution in [2.45, 2.75) is 5.41 Å². The molecule has 2 aromatic heterocycles. The number of rotatable bonds is 5. The molecule has 2 heterocycles. The summed E-state index contributed by atoms with van der Waals surface area (Å²) in [6, 6.07) is 75.7. The summed E-state index contributed by atoms with van der Waals surface area (Å²) in [7, 11) is 0. The highest BCUT2D eigenvalue weighted by Gasteiger charge is 2.51. The molecular formula is C58H35N3O. The maximum Gasteiger partial charge on any atom is 0.167 e. The van der Waals surface area contributed by atoms with Crippen molar-refractivity contribution in [2.24, 2.45) is 0 Å². The molecule has 0 saturated carbocycles. The monoisotopic (exact) mass is 789 g/mol. The van der Waals surface area contributed by atoms with E-state index >= 15 is 0 Å². The molecule has 0 fully saturated rings. The number of benzene rings is 9. The van der Waals surface area contributed by atoms with Gasteiger partial charge in [-0.1, -0.05) is 194 Å². The Balaban J connectivity index is 0.928. The highest BCUT2D eigenvalue weighted by Crippen LogP contribution is 2.63. The molecule has 288 valence electrons. The average Bonchev–Trinajstić information content (AvgIpc) is 3.98. The van der Waals surface area contributed by atoms with E-state index in [4.69, 9.17) is 19.4 Å². The molecule has 0 bridgehead atoms. The van der Waals surface area contributed by atoms with Crippen LogP contribution in [0.2, 0.25) is 0 Å². The second-order valence-corrected chi connectivity index (χ2v) is 16.2. The largest absolute Gasteiger partial charge is 0.455 e. The van der Waals surface area contributed by atoms with Gasteiger partial charge in [-0.15, -0.1) is 0 Å². The zero-order valence-electron chi connectivity index (χ0n) is 33.5. The molecule has 0 N–H and O–H groups in total. The predicted molar refractivity (Wildman–Crippen MR) is 251 cm³/mol. The predicted octanol–water partition coefficient (Wildman–Crippen LogP) is 14.4. The first-order valence-corrected chi connectivity index (χ1v) is 21.1. The van der Waals surface area contributed by atoms with E-state index in [1.807, 2.05) is 60.7 Å². The van der Waals surface area contributed by atoms with Crippen LogP contribution >= 0.6 is 0 Å². The van der Waals surface area contributed by atoms with E-state index in [1.165, 1.54) is 50.1 Å². The second kappa shape index (κ2) is 13.4. The van der Waals surface area contributed by atoms with Crippen molar-refractivity contribution in [1.29, 1.82) is 0 Å². The first-order valence-electron chi connectivity index (χ1n) is 21.1. The van der Waals surface area contributed by atoms with Gasteiger partial charge in [0.2, 0.25) is 0 Å². The number of hydrogen-bond acceptors (Lipinski definition) is 4. The molecule has 0 aliphatic heterocycles.